The Bertz CT molecular complexity index is 572. The lowest BCUT2D eigenvalue weighted by atomic mass is 10.2. The Hall–Kier alpha value is -1.01. The summed E-state index contributed by atoms with van der Waals surface area (Å²) in [5.74, 6) is -0.227. The lowest BCUT2D eigenvalue weighted by molar-refractivity contribution is -0.117. The van der Waals surface area contributed by atoms with E-state index in [0.717, 1.165) is 24.1 Å². The molecule has 9 nitrogen and oxygen atoms in total. The first kappa shape index (κ1) is 18.0. The van der Waals surface area contributed by atoms with Crippen molar-refractivity contribution in [2.24, 2.45) is 0 Å². The fraction of sp³-hybridized carbons (Fsp3) is 0.667. The standard InChI is InChI=1S/C9H15N5O4S2.ClH/c1-20(16,17)14-9-13-12-8(19-9)11-7(15)4-6-5-18-3-2-10-6;/h6,10H,2-5H2,1H3,(H,13,14)(H,11,12,15);1H. The smallest absolute Gasteiger partial charge is 0.231 e. The van der Waals surface area contributed by atoms with Gasteiger partial charge < -0.3 is 15.4 Å². The van der Waals surface area contributed by atoms with Gasteiger partial charge >= 0.3 is 0 Å². The first-order valence-electron chi connectivity index (χ1n) is 5.84. The molecule has 1 aromatic heterocycles. The Kier molecular flexibility index (Phi) is 6.74. The Balaban J connectivity index is 0.00000220. The van der Waals surface area contributed by atoms with E-state index < -0.39 is 10.0 Å². The van der Waals surface area contributed by atoms with E-state index in [1.165, 1.54) is 0 Å². The summed E-state index contributed by atoms with van der Waals surface area (Å²) in [6.07, 6.45) is 1.27. The molecule has 1 amide bonds. The normalized spacial score (nSPS) is 18.6. The molecule has 21 heavy (non-hydrogen) atoms. The van der Waals surface area contributed by atoms with Crippen LogP contribution in [0.1, 0.15) is 6.42 Å². The van der Waals surface area contributed by atoms with Crippen LogP contribution in [-0.4, -0.2) is 56.6 Å². The van der Waals surface area contributed by atoms with Gasteiger partial charge in [0.15, 0.2) is 0 Å². The number of hydrogen-bond donors (Lipinski definition) is 3. The van der Waals surface area contributed by atoms with Crippen LogP contribution in [0.2, 0.25) is 0 Å². The largest absolute Gasteiger partial charge is 0.378 e. The van der Waals surface area contributed by atoms with Crippen LogP contribution in [0, 0.1) is 0 Å². The van der Waals surface area contributed by atoms with E-state index in [2.05, 4.69) is 25.6 Å². The molecule has 0 bridgehead atoms. The van der Waals surface area contributed by atoms with E-state index in [9.17, 15) is 13.2 Å². The SMILES string of the molecule is CS(=O)(=O)Nc1nnc(NC(=O)CC2COCCN2)s1.Cl. The number of amides is 1. The van der Waals surface area contributed by atoms with Crippen LogP contribution in [-0.2, 0) is 19.6 Å². The van der Waals surface area contributed by atoms with Gasteiger partial charge in [-0.05, 0) is 0 Å². The molecule has 0 radical (unpaired) electrons. The predicted octanol–water partition coefficient (Wildman–Crippen LogP) is -0.352. The Morgan fingerprint density at radius 3 is 2.81 bits per heavy atom. The fourth-order valence-corrected chi connectivity index (χ4v) is 3.11. The number of carbonyl (C=O) groups is 1. The fourth-order valence-electron chi connectivity index (χ4n) is 1.62. The summed E-state index contributed by atoms with van der Waals surface area (Å²) in [5, 5.41) is 13.4. The zero-order chi connectivity index (χ0) is 14.6. The molecular weight excluding hydrogens is 342 g/mol. The molecule has 1 saturated heterocycles. The third kappa shape index (κ3) is 6.52. The molecule has 0 saturated carbocycles. The Labute approximate surface area is 132 Å². The summed E-state index contributed by atoms with van der Waals surface area (Å²) in [6.45, 7) is 1.86. The monoisotopic (exact) mass is 357 g/mol. The number of aromatic nitrogens is 2. The lowest BCUT2D eigenvalue weighted by Gasteiger charge is -2.22. The zero-order valence-corrected chi connectivity index (χ0v) is 13.6. The van der Waals surface area contributed by atoms with Gasteiger partial charge in [-0.2, -0.15) is 0 Å². The van der Waals surface area contributed by atoms with Crippen molar-refractivity contribution in [1.29, 1.82) is 0 Å². The van der Waals surface area contributed by atoms with Gasteiger partial charge in [0.05, 0.1) is 19.5 Å². The van der Waals surface area contributed by atoms with Crippen LogP contribution in [0.5, 0.6) is 0 Å². The van der Waals surface area contributed by atoms with Crippen LogP contribution in [0.25, 0.3) is 0 Å². The Morgan fingerprint density at radius 1 is 1.48 bits per heavy atom. The highest BCUT2D eigenvalue weighted by molar-refractivity contribution is 7.92. The van der Waals surface area contributed by atoms with Crippen LogP contribution < -0.4 is 15.4 Å². The van der Waals surface area contributed by atoms with Crippen molar-refractivity contribution in [3.05, 3.63) is 0 Å². The molecule has 0 spiro atoms. The third-order valence-corrected chi connectivity index (χ3v) is 3.82. The van der Waals surface area contributed by atoms with Gasteiger partial charge in [0.25, 0.3) is 0 Å². The first-order valence-corrected chi connectivity index (χ1v) is 8.55. The molecular formula is C9H16ClN5O4S2. The molecule has 2 heterocycles. The van der Waals surface area contributed by atoms with Crippen molar-refractivity contribution < 1.29 is 17.9 Å². The second-order valence-electron chi connectivity index (χ2n) is 4.26. The quantitative estimate of drug-likeness (QED) is 0.658. The number of anilines is 2. The maximum atomic E-state index is 11.8. The third-order valence-electron chi connectivity index (χ3n) is 2.37. The number of nitrogens with zero attached hydrogens (tertiary/aromatic N) is 2. The topological polar surface area (TPSA) is 122 Å². The van der Waals surface area contributed by atoms with Gasteiger partial charge in [0.1, 0.15) is 0 Å². The number of rotatable bonds is 5. The molecule has 1 aliphatic rings. The summed E-state index contributed by atoms with van der Waals surface area (Å²) in [6, 6.07) is -0.0229. The van der Waals surface area contributed by atoms with Crippen LogP contribution >= 0.6 is 23.7 Å². The Morgan fingerprint density at radius 2 is 2.19 bits per heavy atom. The maximum Gasteiger partial charge on any atom is 0.231 e. The molecule has 0 aliphatic carbocycles. The van der Waals surface area contributed by atoms with E-state index >= 15 is 0 Å². The second kappa shape index (κ2) is 7.84. The summed E-state index contributed by atoms with van der Waals surface area (Å²) >= 11 is 0.954. The lowest BCUT2D eigenvalue weighted by Crippen LogP contribution is -2.43. The van der Waals surface area contributed by atoms with Crippen LogP contribution in [0.3, 0.4) is 0 Å². The minimum Gasteiger partial charge on any atom is -0.378 e. The highest BCUT2D eigenvalue weighted by Gasteiger charge is 2.18. The van der Waals surface area contributed by atoms with Crippen LogP contribution in [0.15, 0.2) is 0 Å². The van der Waals surface area contributed by atoms with E-state index in [4.69, 9.17) is 4.74 Å². The predicted molar refractivity (Wildman–Crippen MR) is 81.5 cm³/mol. The van der Waals surface area contributed by atoms with E-state index in [0.29, 0.717) is 13.2 Å². The van der Waals surface area contributed by atoms with Gasteiger partial charge in [0, 0.05) is 19.0 Å². The van der Waals surface area contributed by atoms with Crippen molar-refractivity contribution in [2.75, 3.05) is 36.1 Å². The highest BCUT2D eigenvalue weighted by Crippen LogP contribution is 2.20. The number of nitrogens with one attached hydrogen (secondary N) is 3. The molecule has 1 aromatic rings. The number of halogens is 1. The average Bonchev–Trinajstić information content (AvgIpc) is 2.75. The average molecular weight is 358 g/mol. The summed E-state index contributed by atoms with van der Waals surface area (Å²) in [7, 11) is -3.40. The van der Waals surface area contributed by atoms with Crippen molar-refractivity contribution in [3.63, 3.8) is 0 Å². The van der Waals surface area contributed by atoms with Crippen LogP contribution in [0.4, 0.5) is 10.3 Å². The molecule has 0 aromatic carbocycles. The van der Waals surface area contributed by atoms with E-state index in [1.807, 2.05) is 0 Å². The number of hydrogen-bond acceptors (Lipinski definition) is 8. The van der Waals surface area contributed by atoms with E-state index in [1.54, 1.807) is 0 Å². The molecule has 12 heteroatoms. The number of ether oxygens (including phenoxy) is 1. The van der Waals surface area contributed by atoms with Gasteiger partial charge in [-0.3, -0.25) is 9.52 Å². The molecule has 1 fully saturated rings. The second-order valence-corrected chi connectivity index (χ2v) is 6.99. The minimum atomic E-state index is -3.40. The van der Waals surface area contributed by atoms with Gasteiger partial charge in [0.2, 0.25) is 26.2 Å². The summed E-state index contributed by atoms with van der Waals surface area (Å²) in [5.41, 5.74) is 0. The summed E-state index contributed by atoms with van der Waals surface area (Å²) < 4.78 is 29.5. The highest BCUT2D eigenvalue weighted by atomic mass is 35.5. The van der Waals surface area contributed by atoms with Crippen molar-refractivity contribution >= 4 is 49.9 Å². The molecule has 120 valence electrons. The summed E-state index contributed by atoms with van der Waals surface area (Å²) in [4.78, 5) is 11.8. The van der Waals surface area contributed by atoms with Gasteiger partial charge in [-0.15, -0.1) is 22.6 Å². The van der Waals surface area contributed by atoms with Gasteiger partial charge in [-0.1, -0.05) is 11.3 Å². The molecule has 1 unspecified atom stereocenters. The zero-order valence-electron chi connectivity index (χ0n) is 11.2. The van der Waals surface area contributed by atoms with Crippen molar-refractivity contribution in [3.8, 4) is 0 Å². The molecule has 2 rings (SSSR count). The minimum absolute atomic E-state index is 0. The first-order chi connectivity index (χ1) is 9.42. The molecule has 1 atom stereocenters. The number of sulfonamides is 1. The molecule has 1 aliphatic heterocycles. The van der Waals surface area contributed by atoms with Crippen molar-refractivity contribution in [1.82, 2.24) is 15.5 Å². The van der Waals surface area contributed by atoms with Crippen molar-refractivity contribution in [2.45, 2.75) is 12.5 Å². The molecule has 3 N–H and O–H groups in total. The number of carbonyl (C=O) groups excluding carboxylic acids is 1. The number of morpholine rings is 1. The maximum absolute atomic E-state index is 11.8. The van der Waals surface area contributed by atoms with Gasteiger partial charge in [-0.25, -0.2) is 8.42 Å². The van der Waals surface area contributed by atoms with E-state index in [-0.39, 0.29) is 41.0 Å².